The molecule has 4 rings (SSSR count). The predicted molar refractivity (Wildman–Crippen MR) is 108 cm³/mol. The molecule has 2 aromatic rings. The van der Waals surface area contributed by atoms with E-state index >= 15 is 0 Å². The monoisotopic (exact) mass is 378 g/mol. The Labute approximate surface area is 165 Å². The molecule has 146 valence electrons. The number of carbonyl (C=O) groups is 2. The van der Waals surface area contributed by atoms with Crippen LogP contribution >= 0.6 is 0 Å². The smallest absolute Gasteiger partial charge is 0.227 e. The molecule has 5 heteroatoms. The van der Waals surface area contributed by atoms with Crippen LogP contribution in [0.25, 0.3) is 0 Å². The van der Waals surface area contributed by atoms with E-state index in [0.29, 0.717) is 18.9 Å². The van der Waals surface area contributed by atoms with Gasteiger partial charge in [0.2, 0.25) is 11.8 Å². The van der Waals surface area contributed by atoms with Crippen molar-refractivity contribution < 1.29 is 14.3 Å². The third-order valence-corrected chi connectivity index (χ3v) is 5.58. The molecule has 2 aromatic carbocycles. The van der Waals surface area contributed by atoms with Gasteiger partial charge in [-0.1, -0.05) is 42.5 Å². The van der Waals surface area contributed by atoms with Crippen LogP contribution in [0.5, 0.6) is 5.75 Å². The summed E-state index contributed by atoms with van der Waals surface area (Å²) < 4.78 is 5.66. The highest BCUT2D eigenvalue weighted by atomic mass is 16.5. The molecule has 0 bridgehead atoms. The maximum atomic E-state index is 12.9. The SMILES string of the molecule is CCOc1ccccc1N1C[C@@H](C(=O)NC2(Cc3ccccc3)CC2)CC1=O. The average Bonchev–Trinajstić information content (AvgIpc) is 3.33. The first-order chi connectivity index (χ1) is 13.6. The second-order valence-electron chi connectivity index (χ2n) is 7.74. The zero-order chi connectivity index (χ0) is 19.6. The van der Waals surface area contributed by atoms with Gasteiger partial charge in [-0.05, 0) is 43.9 Å². The lowest BCUT2D eigenvalue weighted by Crippen LogP contribution is -2.42. The lowest BCUT2D eigenvalue weighted by Gasteiger charge is -2.22. The van der Waals surface area contributed by atoms with Gasteiger partial charge >= 0.3 is 0 Å². The molecule has 1 N–H and O–H groups in total. The predicted octanol–water partition coefficient (Wildman–Crippen LogP) is 3.33. The van der Waals surface area contributed by atoms with Crippen molar-refractivity contribution in [3.8, 4) is 5.75 Å². The van der Waals surface area contributed by atoms with Crippen LogP contribution in [-0.4, -0.2) is 30.5 Å². The molecule has 0 unspecified atom stereocenters. The Kier molecular flexibility index (Phi) is 5.07. The largest absolute Gasteiger partial charge is 0.492 e. The molecular formula is C23H26N2O3. The summed E-state index contributed by atoms with van der Waals surface area (Å²) in [6.45, 7) is 2.85. The fraction of sp³-hybridized carbons (Fsp3) is 0.391. The van der Waals surface area contributed by atoms with Gasteiger partial charge in [-0.3, -0.25) is 9.59 Å². The Morgan fingerprint density at radius 3 is 2.57 bits per heavy atom. The summed E-state index contributed by atoms with van der Waals surface area (Å²) >= 11 is 0. The molecule has 1 saturated carbocycles. The Balaban J connectivity index is 1.42. The van der Waals surface area contributed by atoms with E-state index in [1.807, 2.05) is 49.4 Å². The molecule has 28 heavy (non-hydrogen) atoms. The van der Waals surface area contributed by atoms with Crippen LogP contribution in [0.15, 0.2) is 54.6 Å². The molecular weight excluding hydrogens is 352 g/mol. The number of benzene rings is 2. The summed E-state index contributed by atoms with van der Waals surface area (Å²) in [5.74, 6) is 0.316. The molecule has 2 amide bonds. The van der Waals surface area contributed by atoms with Crippen molar-refractivity contribution >= 4 is 17.5 Å². The van der Waals surface area contributed by atoms with Crippen molar-refractivity contribution in [1.82, 2.24) is 5.32 Å². The van der Waals surface area contributed by atoms with Gasteiger partial charge in [0.1, 0.15) is 5.75 Å². The normalized spacial score (nSPS) is 20.1. The van der Waals surface area contributed by atoms with E-state index in [0.717, 1.165) is 24.9 Å². The molecule has 0 spiro atoms. The quantitative estimate of drug-likeness (QED) is 0.804. The van der Waals surface area contributed by atoms with Crippen LogP contribution in [-0.2, 0) is 16.0 Å². The molecule has 0 radical (unpaired) electrons. The number of nitrogens with one attached hydrogen (secondary N) is 1. The van der Waals surface area contributed by atoms with Crippen LogP contribution in [0.3, 0.4) is 0 Å². The number of anilines is 1. The summed E-state index contributed by atoms with van der Waals surface area (Å²) in [5.41, 5.74) is 1.84. The Morgan fingerprint density at radius 1 is 1.14 bits per heavy atom. The van der Waals surface area contributed by atoms with Crippen LogP contribution in [0.2, 0.25) is 0 Å². The van der Waals surface area contributed by atoms with Gasteiger partial charge in [-0.15, -0.1) is 0 Å². The van der Waals surface area contributed by atoms with Crippen LogP contribution < -0.4 is 15.0 Å². The number of hydrogen-bond donors (Lipinski definition) is 1. The van der Waals surface area contributed by atoms with Gasteiger partial charge in [-0.25, -0.2) is 0 Å². The molecule has 0 aromatic heterocycles. The highest BCUT2D eigenvalue weighted by molar-refractivity contribution is 6.01. The van der Waals surface area contributed by atoms with Crippen molar-refractivity contribution in [2.45, 2.75) is 38.1 Å². The Morgan fingerprint density at radius 2 is 1.86 bits per heavy atom. The number of carbonyl (C=O) groups excluding carboxylic acids is 2. The maximum Gasteiger partial charge on any atom is 0.227 e. The highest BCUT2D eigenvalue weighted by Gasteiger charge is 2.46. The van der Waals surface area contributed by atoms with Crippen molar-refractivity contribution in [2.75, 3.05) is 18.1 Å². The van der Waals surface area contributed by atoms with Gasteiger partial charge in [-0.2, -0.15) is 0 Å². The van der Waals surface area contributed by atoms with E-state index < -0.39 is 0 Å². The van der Waals surface area contributed by atoms with E-state index in [2.05, 4.69) is 17.4 Å². The summed E-state index contributed by atoms with van der Waals surface area (Å²) in [6, 6.07) is 17.7. The van der Waals surface area contributed by atoms with E-state index in [1.54, 1.807) is 4.90 Å². The highest BCUT2D eigenvalue weighted by Crippen LogP contribution is 2.40. The van der Waals surface area contributed by atoms with Crippen molar-refractivity contribution in [3.63, 3.8) is 0 Å². The van der Waals surface area contributed by atoms with Gasteiger partial charge in [0.25, 0.3) is 0 Å². The molecule has 1 aliphatic carbocycles. The molecule has 5 nitrogen and oxygen atoms in total. The first-order valence-electron chi connectivity index (χ1n) is 9.98. The lowest BCUT2D eigenvalue weighted by molar-refractivity contribution is -0.127. The van der Waals surface area contributed by atoms with Crippen molar-refractivity contribution in [3.05, 3.63) is 60.2 Å². The van der Waals surface area contributed by atoms with Crippen molar-refractivity contribution in [2.24, 2.45) is 5.92 Å². The van der Waals surface area contributed by atoms with Gasteiger partial charge < -0.3 is 15.0 Å². The second-order valence-corrected chi connectivity index (χ2v) is 7.74. The van der Waals surface area contributed by atoms with Gasteiger partial charge in [0, 0.05) is 18.5 Å². The fourth-order valence-electron chi connectivity index (χ4n) is 3.92. The summed E-state index contributed by atoms with van der Waals surface area (Å²) in [6.07, 6.45) is 3.07. The zero-order valence-electron chi connectivity index (χ0n) is 16.2. The first-order valence-corrected chi connectivity index (χ1v) is 9.98. The average molecular weight is 378 g/mol. The van der Waals surface area contributed by atoms with Gasteiger partial charge in [0.15, 0.2) is 0 Å². The second kappa shape index (κ2) is 7.66. The van der Waals surface area contributed by atoms with E-state index in [-0.39, 0.29) is 29.7 Å². The van der Waals surface area contributed by atoms with E-state index in [4.69, 9.17) is 4.74 Å². The minimum Gasteiger partial charge on any atom is -0.492 e. The third-order valence-electron chi connectivity index (χ3n) is 5.58. The molecule has 1 heterocycles. The lowest BCUT2D eigenvalue weighted by atomic mass is 10.0. The zero-order valence-corrected chi connectivity index (χ0v) is 16.2. The molecule has 1 aliphatic heterocycles. The molecule has 2 aliphatic rings. The van der Waals surface area contributed by atoms with Crippen LogP contribution in [0, 0.1) is 5.92 Å². The first kappa shape index (κ1) is 18.5. The Bertz CT molecular complexity index is 861. The maximum absolute atomic E-state index is 12.9. The standard InChI is InChI=1S/C23H26N2O3/c1-2-28-20-11-7-6-10-19(20)25-16-18(14-21(25)26)22(27)24-23(12-13-23)15-17-8-4-3-5-9-17/h3-11,18H,2,12-16H2,1H3,(H,24,27)/t18-/m0/s1. The molecule has 1 saturated heterocycles. The minimum absolute atomic E-state index is 0.0156. The third kappa shape index (κ3) is 3.88. The summed E-state index contributed by atoms with van der Waals surface area (Å²) in [5, 5.41) is 3.24. The Hall–Kier alpha value is -2.82. The number of nitrogens with zero attached hydrogens (tertiary/aromatic N) is 1. The van der Waals surface area contributed by atoms with E-state index in [1.165, 1.54) is 5.56 Å². The number of hydrogen-bond acceptors (Lipinski definition) is 3. The van der Waals surface area contributed by atoms with E-state index in [9.17, 15) is 9.59 Å². The molecule has 1 atom stereocenters. The fourth-order valence-corrected chi connectivity index (χ4v) is 3.92. The number of rotatable bonds is 7. The number of amides is 2. The topological polar surface area (TPSA) is 58.6 Å². The number of ether oxygens (including phenoxy) is 1. The van der Waals surface area contributed by atoms with Crippen LogP contribution in [0.1, 0.15) is 31.7 Å². The van der Waals surface area contributed by atoms with Crippen LogP contribution in [0.4, 0.5) is 5.69 Å². The molecule has 2 fully saturated rings. The summed E-state index contributed by atoms with van der Waals surface area (Å²) in [7, 11) is 0. The number of para-hydroxylation sites is 2. The minimum atomic E-state index is -0.324. The van der Waals surface area contributed by atoms with Crippen molar-refractivity contribution in [1.29, 1.82) is 0 Å². The summed E-state index contributed by atoms with van der Waals surface area (Å²) in [4.78, 5) is 27.2. The van der Waals surface area contributed by atoms with Gasteiger partial charge in [0.05, 0.1) is 18.2 Å².